The molecule has 0 radical (unpaired) electrons. The highest BCUT2D eigenvalue weighted by molar-refractivity contribution is 5.91. The van der Waals surface area contributed by atoms with Gasteiger partial charge in [-0.05, 0) is 49.9 Å². The van der Waals surface area contributed by atoms with E-state index < -0.39 is 10.9 Å². The zero-order chi connectivity index (χ0) is 21.0. The Morgan fingerprint density at radius 3 is 2.76 bits per heavy atom. The summed E-state index contributed by atoms with van der Waals surface area (Å²) in [4.78, 5) is 25.7. The zero-order valence-electron chi connectivity index (χ0n) is 17.0. The number of carbonyl (C=O) groups is 1. The lowest BCUT2D eigenvalue weighted by Crippen LogP contribution is -2.34. The third kappa shape index (κ3) is 4.85. The maximum Gasteiger partial charge on any atom is 0.338 e. The Hall–Kier alpha value is -3.09. The second kappa shape index (κ2) is 8.94. The summed E-state index contributed by atoms with van der Waals surface area (Å²) in [7, 11) is 1.56. The summed E-state index contributed by atoms with van der Waals surface area (Å²) in [6.07, 6.45) is 2.12. The lowest BCUT2D eigenvalue weighted by Gasteiger charge is -2.32. The molecule has 1 aliphatic rings. The second-order valence-corrected chi connectivity index (χ2v) is 7.55. The van der Waals surface area contributed by atoms with Crippen LogP contribution in [0.1, 0.15) is 41.3 Å². The molecule has 0 aromatic heterocycles. The molecule has 1 aliphatic heterocycles. The molecule has 0 unspecified atom stereocenters. The van der Waals surface area contributed by atoms with Crippen molar-refractivity contribution in [3.63, 3.8) is 0 Å². The highest BCUT2D eigenvalue weighted by Crippen LogP contribution is 2.32. The minimum absolute atomic E-state index is 0.0306. The maximum absolute atomic E-state index is 12.5. The van der Waals surface area contributed by atoms with Crippen LogP contribution in [0, 0.1) is 23.0 Å². The number of nitro benzene ring substituents is 1. The van der Waals surface area contributed by atoms with Gasteiger partial charge in [-0.15, -0.1) is 0 Å². The van der Waals surface area contributed by atoms with Gasteiger partial charge in [0.2, 0.25) is 0 Å². The molecule has 2 aromatic rings. The fraction of sp³-hybridized carbons (Fsp3) is 0.409. The number of aryl methyl sites for hydroxylation is 1. The maximum atomic E-state index is 12.5. The average Bonchev–Trinajstić information content (AvgIpc) is 2.71. The van der Waals surface area contributed by atoms with Crippen LogP contribution >= 0.6 is 0 Å². The number of hydrogen-bond donors (Lipinski definition) is 0. The average molecular weight is 398 g/mol. The highest BCUT2D eigenvalue weighted by atomic mass is 16.6. The Morgan fingerprint density at radius 1 is 1.28 bits per heavy atom. The van der Waals surface area contributed by atoms with Gasteiger partial charge in [0, 0.05) is 24.7 Å². The fourth-order valence-corrected chi connectivity index (χ4v) is 3.72. The molecule has 7 nitrogen and oxygen atoms in total. The standard InChI is InChI=1S/C22H26N2O5/c1-15-6-9-21(28-3)18(11-15)14-29-22(25)17-7-8-19(20(12-17)24(26)27)23-10-4-5-16(2)13-23/h6-9,11-12,16H,4-5,10,13-14H2,1-3H3/t16-/m0/s1. The monoisotopic (exact) mass is 398 g/mol. The first-order chi connectivity index (χ1) is 13.9. The van der Waals surface area contributed by atoms with Gasteiger partial charge in [-0.25, -0.2) is 4.79 Å². The van der Waals surface area contributed by atoms with E-state index in [4.69, 9.17) is 9.47 Å². The Morgan fingerprint density at radius 2 is 2.07 bits per heavy atom. The van der Waals surface area contributed by atoms with Gasteiger partial charge >= 0.3 is 5.97 Å². The fourth-order valence-electron chi connectivity index (χ4n) is 3.72. The van der Waals surface area contributed by atoms with Crippen molar-refractivity contribution in [1.82, 2.24) is 0 Å². The van der Waals surface area contributed by atoms with Gasteiger partial charge in [-0.1, -0.05) is 18.6 Å². The molecule has 0 saturated carbocycles. The van der Waals surface area contributed by atoms with Crippen molar-refractivity contribution in [1.29, 1.82) is 0 Å². The lowest BCUT2D eigenvalue weighted by atomic mass is 9.99. The molecule has 154 valence electrons. The molecule has 0 N–H and O–H groups in total. The van der Waals surface area contributed by atoms with E-state index in [1.54, 1.807) is 19.2 Å². The largest absolute Gasteiger partial charge is 0.496 e. The van der Waals surface area contributed by atoms with Crippen molar-refractivity contribution in [3.8, 4) is 5.75 Å². The van der Waals surface area contributed by atoms with Gasteiger partial charge in [0.15, 0.2) is 0 Å². The zero-order valence-corrected chi connectivity index (χ0v) is 17.0. The third-order valence-corrected chi connectivity index (χ3v) is 5.20. The van der Waals surface area contributed by atoms with Gasteiger partial charge in [-0.3, -0.25) is 10.1 Å². The number of esters is 1. The van der Waals surface area contributed by atoms with Crippen LogP contribution in [0.3, 0.4) is 0 Å². The van der Waals surface area contributed by atoms with Gasteiger partial charge in [0.05, 0.1) is 17.6 Å². The number of methoxy groups -OCH3 is 1. The number of nitrogens with zero attached hydrogens (tertiary/aromatic N) is 2. The molecular weight excluding hydrogens is 372 g/mol. The predicted octanol–water partition coefficient (Wildman–Crippen LogP) is 4.51. The summed E-state index contributed by atoms with van der Waals surface area (Å²) in [5.41, 5.74) is 2.42. The topological polar surface area (TPSA) is 81.9 Å². The number of ether oxygens (including phenoxy) is 2. The van der Waals surface area contributed by atoms with Crippen molar-refractivity contribution in [2.45, 2.75) is 33.3 Å². The van der Waals surface area contributed by atoms with Crippen LogP contribution in [0.25, 0.3) is 0 Å². The van der Waals surface area contributed by atoms with Gasteiger partial charge in [0.1, 0.15) is 18.0 Å². The molecule has 0 spiro atoms. The second-order valence-electron chi connectivity index (χ2n) is 7.55. The van der Waals surface area contributed by atoms with Crippen molar-refractivity contribution in [3.05, 3.63) is 63.2 Å². The molecule has 2 aromatic carbocycles. The lowest BCUT2D eigenvalue weighted by molar-refractivity contribution is -0.384. The van der Waals surface area contributed by atoms with E-state index in [-0.39, 0.29) is 17.9 Å². The molecule has 29 heavy (non-hydrogen) atoms. The summed E-state index contributed by atoms with van der Waals surface area (Å²) in [5, 5.41) is 11.6. The van der Waals surface area contributed by atoms with E-state index >= 15 is 0 Å². The van der Waals surface area contributed by atoms with Gasteiger partial charge < -0.3 is 14.4 Å². The molecule has 1 saturated heterocycles. The summed E-state index contributed by atoms with van der Waals surface area (Å²) in [5.74, 6) is 0.511. The van der Waals surface area contributed by atoms with E-state index in [9.17, 15) is 14.9 Å². The minimum atomic E-state index is -0.602. The van der Waals surface area contributed by atoms with E-state index in [0.29, 0.717) is 17.4 Å². The molecular formula is C22H26N2O5. The van der Waals surface area contributed by atoms with Crippen LogP contribution in [-0.4, -0.2) is 31.1 Å². The number of benzene rings is 2. The first-order valence-corrected chi connectivity index (χ1v) is 9.73. The Labute approximate surface area is 170 Å². The predicted molar refractivity (Wildman–Crippen MR) is 111 cm³/mol. The normalized spacial score (nSPS) is 16.4. The first-order valence-electron chi connectivity index (χ1n) is 9.73. The SMILES string of the molecule is COc1ccc(C)cc1COC(=O)c1ccc(N2CCC[C@H](C)C2)c([N+](=O)[O-])c1. The molecule has 1 atom stereocenters. The molecule has 1 heterocycles. The molecule has 0 bridgehead atoms. The number of hydrogen-bond acceptors (Lipinski definition) is 6. The van der Waals surface area contributed by atoms with Crippen molar-refractivity contribution in [2.24, 2.45) is 5.92 Å². The Bertz CT molecular complexity index is 912. The van der Waals surface area contributed by atoms with Gasteiger partial charge in [-0.2, -0.15) is 0 Å². The molecule has 1 fully saturated rings. The van der Waals surface area contributed by atoms with E-state index in [1.165, 1.54) is 6.07 Å². The van der Waals surface area contributed by atoms with Crippen LogP contribution in [-0.2, 0) is 11.3 Å². The number of anilines is 1. The summed E-state index contributed by atoms with van der Waals surface area (Å²) in [6.45, 7) is 5.67. The summed E-state index contributed by atoms with van der Waals surface area (Å²) < 4.78 is 10.7. The molecule has 3 rings (SSSR count). The Kier molecular flexibility index (Phi) is 6.36. The highest BCUT2D eigenvalue weighted by Gasteiger charge is 2.25. The molecule has 0 amide bonds. The summed E-state index contributed by atoms with van der Waals surface area (Å²) in [6, 6.07) is 10.2. The first kappa shape index (κ1) is 20.6. The number of carbonyl (C=O) groups excluding carboxylic acids is 1. The molecule has 0 aliphatic carbocycles. The number of nitro groups is 1. The third-order valence-electron chi connectivity index (χ3n) is 5.20. The van der Waals surface area contributed by atoms with Crippen LogP contribution in [0.15, 0.2) is 36.4 Å². The van der Waals surface area contributed by atoms with Crippen LogP contribution in [0.2, 0.25) is 0 Å². The van der Waals surface area contributed by atoms with Crippen LogP contribution in [0.4, 0.5) is 11.4 Å². The van der Waals surface area contributed by atoms with E-state index in [0.717, 1.165) is 37.1 Å². The minimum Gasteiger partial charge on any atom is -0.496 e. The van der Waals surface area contributed by atoms with E-state index in [1.807, 2.05) is 30.0 Å². The van der Waals surface area contributed by atoms with E-state index in [2.05, 4.69) is 6.92 Å². The smallest absolute Gasteiger partial charge is 0.338 e. The number of rotatable bonds is 6. The summed E-state index contributed by atoms with van der Waals surface area (Å²) >= 11 is 0. The number of piperidine rings is 1. The van der Waals surface area contributed by atoms with Crippen molar-refractivity contribution >= 4 is 17.3 Å². The quantitative estimate of drug-likeness (QED) is 0.405. The van der Waals surface area contributed by atoms with Crippen molar-refractivity contribution < 1.29 is 19.2 Å². The molecule has 7 heteroatoms. The Balaban J connectivity index is 1.78. The van der Waals surface area contributed by atoms with Crippen LogP contribution < -0.4 is 9.64 Å². The van der Waals surface area contributed by atoms with Crippen molar-refractivity contribution in [2.75, 3.05) is 25.1 Å². The van der Waals surface area contributed by atoms with Gasteiger partial charge in [0.25, 0.3) is 5.69 Å². The van der Waals surface area contributed by atoms with Crippen LogP contribution in [0.5, 0.6) is 5.75 Å².